The number of hydrogen-bond acceptors (Lipinski definition) is 7. The largest absolute Gasteiger partial charge is 0.389 e. The highest BCUT2D eigenvalue weighted by Gasteiger charge is 2.18. The number of aliphatic hydroxyl groups is 1. The molecule has 7 N–H and O–H groups in total. The van der Waals surface area contributed by atoms with E-state index >= 15 is 0 Å². The summed E-state index contributed by atoms with van der Waals surface area (Å²) in [4.78, 5) is 0. The molecule has 2 aromatic rings. The van der Waals surface area contributed by atoms with Crippen LogP contribution in [0.3, 0.4) is 0 Å². The molecule has 90 valence electrons. The molecule has 0 fully saturated rings. The molecule has 0 aliphatic heterocycles. The maximum atomic E-state index is 9.46. The predicted octanol–water partition coefficient (Wildman–Crippen LogP) is 1.14. The molecule has 1 unspecified atom stereocenters. The smallest absolute Gasteiger partial charge is 0.133 e. The minimum absolute atomic E-state index is 0.386. The molecule has 0 aliphatic carbocycles. The van der Waals surface area contributed by atoms with E-state index in [1.807, 2.05) is 5.48 Å². The lowest BCUT2D eigenvalue weighted by Gasteiger charge is -2.07. The summed E-state index contributed by atoms with van der Waals surface area (Å²) >= 11 is 1.07. The molecule has 1 atom stereocenters. The molecule has 1 aromatic carbocycles. The number of nitrogens with one attached hydrogen (secondary N) is 1. The van der Waals surface area contributed by atoms with Crippen LogP contribution < -0.4 is 16.9 Å². The number of hydrogen-bond donors (Lipinski definition) is 5. The third kappa shape index (κ3) is 2.22. The van der Waals surface area contributed by atoms with Crippen molar-refractivity contribution in [3.05, 3.63) is 29.8 Å². The summed E-state index contributed by atoms with van der Waals surface area (Å²) in [5, 5.41) is 18.7. The first-order valence-corrected chi connectivity index (χ1v) is 5.60. The highest BCUT2D eigenvalue weighted by atomic mass is 32.1. The van der Waals surface area contributed by atoms with Gasteiger partial charge in [0.25, 0.3) is 0 Å². The van der Waals surface area contributed by atoms with E-state index in [1.54, 1.807) is 24.3 Å². The molecular formula is C10H12N4O2S. The minimum Gasteiger partial charge on any atom is -0.389 e. The molecule has 7 heteroatoms. The van der Waals surface area contributed by atoms with Gasteiger partial charge < -0.3 is 16.6 Å². The Kier molecular flexibility index (Phi) is 3.25. The van der Waals surface area contributed by atoms with E-state index < -0.39 is 6.23 Å². The van der Waals surface area contributed by atoms with Gasteiger partial charge in [-0.1, -0.05) is 12.1 Å². The van der Waals surface area contributed by atoms with E-state index in [0.29, 0.717) is 21.9 Å². The Labute approximate surface area is 102 Å². The monoisotopic (exact) mass is 252 g/mol. The molecule has 0 saturated carbocycles. The molecule has 6 nitrogen and oxygen atoms in total. The normalized spacial score (nSPS) is 12.4. The van der Waals surface area contributed by atoms with Gasteiger partial charge in [-0.15, -0.1) is 0 Å². The Bertz CT molecular complexity index is 527. The van der Waals surface area contributed by atoms with Crippen molar-refractivity contribution in [3.63, 3.8) is 0 Å². The summed E-state index contributed by atoms with van der Waals surface area (Å²) < 4.78 is 4.15. The number of nitrogens with two attached hydrogens (primary N) is 2. The minimum atomic E-state index is -1.17. The van der Waals surface area contributed by atoms with Gasteiger partial charge in [0.15, 0.2) is 0 Å². The van der Waals surface area contributed by atoms with Crippen molar-refractivity contribution in [1.82, 2.24) is 4.37 Å². The molecule has 0 saturated heterocycles. The molecule has 2 rings (SSSR count). The average molecular weight is 252 g/mol. The van der Waals surface area contributed by atoms with Crippen molar-refractivity contribution in [2.75, 3.05) is 11.2 Å². The van der Waals surface area contributed by atoms with Crippen LogP contribution >= 0.6 is 11.5 Å². The first-order chi connectivity index (χ1) is 8.13. The van der Waals surface area contributed by atoms with Crippen LogP contribution in [0, 0.1) is 0 Å². The van der Waals surface area contributed by atoms with E-state index in [-0.39, 0.29) is 0 Å². The Morgan fingerprint density at radius 1 is 1.41 bits per heavy atom. The predicted molar refractivity (Wildman–Crippen MR) is 66.5 cm³/mol. The van der Waals surface area contributed by atoms with E-state index in [2.05, 4.69) is 4.37 Å². The number of benzene rings is 1. The quantitative estimate of drug-likeness (QED) is 0.413. The van der Waals surface area contributed by atoms with Crippen molar-refractivity contribution in [1.29, 1.82) is 0 Å². The van der Waals surface area contributed by atoms with Gasteiger partial charge in [-0.05, 0) is 23.7 Å². The lowest BCUT2D eigenvalue weighted by atomic mass is 10.1. The summed E-state index contributed by atoms with van der Waals surface area (Å²) in [6.07, 6.45) is -1.17. The van der Waals surface area contributed by atoms with Gasteiger partial charge in [-0.2, -0.15) is 4.37 Å². The van der Waals surface area contributed by atoms with Gasteiger partial charge in [-0.25, -0.2) is 0 Å². The van der Waals surface area contributed by atoms with E-state index in [1.165, 1.54) is 0 Å². The lowest BCUT2D eigenvalue weighted by Crippen LogP contribution is -2.10. The van der Waals surface area contributed by atoms with Crippen LogP contribution in [0.4, 0.5) is 10.7 Å². The van der Waals surface area contributed by atoms with Crippen LogP contribution in [0.5, 0.6) is 0 Å². The van der Waals surface area contributed by atoms with Crippen LogP contribution in [0.25, 0.3) is 11.3 Å². The number of aliphatic hydroxyl groups excluding tert-OH is 1. The molecule has 0 aliphatic rings. The first kappa shape index (κ1) is 11.8. The van der Waals surface area contributed by atoms with E-state index in [0.717, 1.165) is 17.1 Å². The summed E-state index contributed by atoms with van der Waals surface area (Å²) in [6.45, 7) is 0. The number of nitrogens with zero attached hydrogens (tertiary/aromatic N) is 1. The number of anilines is 2. The first-order valence-electron chi connectivity index (χ1n) is 4.82. The topological polar surface area (TPSA) is 117 Å². The van der Waals surface area contributed by atoms with Crippen LogP contribution in [0.1, 0.15) is 11.8 Å². The fourth-order valence-electron chi connectivity index (χ4n) is 1.54. The lowest BCUT2D eigenvalue weighted by molar-refractivity contribution is 0.188. The van der Waals surface area contributed by atoms with Gasteiger partial charge >= 0.3 is 0 Å². The number of rotatable bonds is 3. The zero-order valence-corrected chi connectivity index (χ0v) is 9.61. The standard InChI is InChI=1S/C10H12N4O2S/c11-9(15)7-8(14-17-10(7)12)5-2-1-3-6(4-5)13-16/h1-4,9,13,15-16H,11-12H2. The van der Waals surface area contributed by atoms with E-state index in [4.69, 9.17) is 16.7 Å². The van der Waals surface area contributed by atoms with Gasteiger partial charge in [0, 0.05) is 5.56 Å². The second-order valence-corrected chi connectivity index (χ2v) is 4.25. The zero-order chi connectivity index (χ0) is 12.4. The van der Waals surface area contributed by atoms with Crippen LogP contribution in [-0.2, 0) is 0 Å². The van der Waals surface area contributed by atoms with Crippen LogP contribution in [-0.4, -0.2) is 14.7 Å². The molecular weight excluding hydrogens is 240 g/mol. The maximum Gasteiger partial charge on any atom is 0.133 e. The van der Waals surface area contributed by atoms with E-state index in [9.17, 15) is 5.11 Å². The SMILES string of the molecule is Nc1snc(-c2cccc(NO)c2)c1C(N)O. The van der Waals surface area contributed by atoms with Crippen molar-refractivity contribution < 1.29 is 10.3 Å². The molecule has 0 bridgehead atoms. The van der Waals surface area contributed by atoms with Gasteiger partial charge in [-0.3, -0.25) is 10.7 Å². The van der Waals surface area contributed by atoms with Crippen molar-refractivity contribution >= 4 is 22.2 Å². The fourth-order valence-corrected chi connectivity index (χ4v) is 2.25. The third-order valence-electron chi connectivity index (χ3n) is 2.32. The molecule has 1 heterocycles. The Morgan fingerprint density at radius 3 is 2.82 bits per heavy atom. The second kappa shape index (κ2) is 4.68. The summed E-state index contributed by atoms with van der Waals surface area (Å²) in [7, 11) is 0. The highest BCUT2D eigenvalue weighted by Crippen LogP contribution is 2.33. The zero-order valence-electron chi connectivity index (χ0n) is 8.79. The summed E-state index contributed by atoms with van der Waals surface area (Å²) in [5.41, 5.74) is 15.4. The fraction of sp³-hybridized carbons (Fsp3) is 0.100. The Balaban J connectivity index is 2.52. The van der Waals surface area contributed by atoms with Crippen molar-refractivity contribution in [3.8, 4) is 11.3 Å². The van der Waals surface area contributed by atoms with Crippen LogP contribution in [0.15, 0.2) is 24.3 Å². The average Bonchev–Trinajstić information content (AvgIpc) is 2.71. The van der Waals surface area contributed by atoms with Gasteiger partial charge in [0.05, 0.1) is 16.9 Å². The van der Waals surface area contributed by atoms with Crippen LogP contribution in [0.2, 0.25) is 0 Å². The third-order valence-corrected chi connectivity index (χ3v) is 3.01. The maximum absolute atomic E-state index is 9.46. The number of aromatic nitrogens is 1. The van der Waals surface area contributed by atoms with Gasteiger partial charge in [0.1, 0.15) is 11.2 Å². The Morgan fingerprint density at radius 2 is 2.18 bits per heavy atom. The summed E-state index contributed by atoms with van der Waals surface area (Å²) in [6, 6.07) is 6.91. The van der Waals surface area contributed by atoms with Crippen molar-refractivity contribution in [2.24, 2.45) is 5.73 Å². The second-order valence-electron chi connectivity index (χ2n) is 3.45. The molecule has 0 radical (unpaired) electrons. The summed E-state index contributed by atoms with van der Waals surface area (Å²) in [5.74, 6) is 0. The van der Waals surface area contributed by atoms with Crippen molar-refractivity contribution in [2.45, 2.75) is 6.23 Å². The molecule has 1 aromatic heterocycles. The highest BCUT2D eigenvalue weighted by molar-refractivity contribution is 7.10. The Hall–Kier alpha value is -1.67. The molecule has 0 amide bonds. The number of nitrogen functional groups attached to an aromatic ring is 1. The molecule has 0 spiro atoms. The molecule has 17 heavy (non-hydrogen) atoms. The van der Waals surface area contributed by atoms with Gasteiger partial charge in [0.2, 0.25) is 0 Å².